The molecule has 1 N–H and O–H groups in total. The monoisotopic (exact) mass is 404 g/mol. The number of nitrogens with one attached hydrogen (secondary N) is 1. The molecule has 0 unspecified atom stereocenters. The molecule has 2 amide bonds. The van der Waals surface area contributed by atoms with Crippen LogP contribution >= 0.6 is 0 Å². The van der Waals surface area contributed by atoms with Crippen molar-refractivity contribution in [1.82, 2.24) is 9.88 Å². The summed E-state index contributed by atoms with van der Waals surface area (Å²) in [7, 11) is 0. The number of hydrogen-bond acceptors (Lipinski definition) is 3. The van der Waals surface area contributed by atoms with Gasteiger partial charge in [0, 0.05) is 38.1 Å². The number of hydrogen-bond donors (Lipinski definition) is 1. The second-order valence-electron chi connectivity index (χ2n) is 7.46. The topological polar surface area (TPSA) is 48.5 Å². The smallest absolute Gasteiger partial charge is 0.353 e. The Hall–Kier alpha value is -2.77. The summed E-state index contributed by atoms with van der Waals surface area (Å²) in [6.07, 6.45) is 0.825. The molecule has 1 fully saturated rings. The Morgan fingerprint density at radius 3 is 2.45 bits per heavy atom. The molecule has 2 heterocycles. The number of alkyl halides is 3. The molecule has 29 heavy (non-hydrogen) atoms. The first-order valence-electron chi connectivity index (χ1n) is 9.87. The number of fused-ring (bicyclic) bond motifs is 1. The van der Waals surface area contributed by atoms with Crippen LogP contribution in [-0.2, 0) is 19.0 Å². The van der Waals surface area contributed by atoms with E-state index in [1.807, 2.05) is 17.0 Å². The zero-order valence-corrected chi connectivity index (χ0v) is 16.0. The molecule has 0 radical (unpaired) electrons. The predicted molar refractivity (Wildman–Crippen MR) is 105 cm³/mol. The molecule has 1 aromatic carbocycles. The van der Waals surface area contributed by atoms with Gasteiger partial charge in [0.2, 0.25) is 0 Å². The number of aryl methyl sites for hydroxylation is 1. The number of carbonyl (C=O) groups excluding carboxylic acids is 1. The van der Waals surface area contributed by atoms with Gasteiger partial charge in [-0.05, 0) is 55.0 Å². The van der Waals surface area contributed by atoms with Gasteiger partial charge in [-0.2, -0.15) is 13.2 Å². The van der Waals surface area contributed by atoms with Crippen molar-refractivity contribution in [1.29, 1.82) is 0 Å². The van der Waals surface area contributed by atoms with Crippen LogP contribution in [0.3, 0.4) is 0 Å². The van der Waals surface area contributed by atoms with Crippen LogP contribution in [0.15, 0.2) is 36.5 Å². The van der Waals surface area contributed by atoms with E-state index in [1.165, 1.54) is 23.6 Å². The average Bonchev–Trinajstić information content (AvgIpc) is 2.73. The van der Waals surface area contributed by atoms with Gasteiger partial charge >= 0.3 is 12.2 Å². The Morgan fingerprint density at radius 1 is 1.00 bits per heavy atom. The SMILES string of the molecule is O=C(Nc1cccc2c1CCCC2)N1CCN(c2ccc(C(F)(F)F)cn2)CC1. The number of aromatic nitrogens is 1. The molecule has 1 aliphatic carbocycles. The van der Waals surface area contributed by atoms with Gasteiger partial charge in [-0.1, -0.05) is 12.1 Å². The lowest BCUT2D eigenvalue weighted by Gasteiger charge is -2.35. The molecule has 4 rings (SSSR count). The maximum absolute atomic E-state index is 12.7. The van der Waals surface area contributed by atoms with E-state index in [-0.39, 0.29) is 6.03 Å². The van der Waals surface area contributed by atoms with Crippen LogP contribution in [-0.4, -0.2) is 42.1 Å². The third kappa shape index (κ3) is 4.31. The number of piperazine rings is 1. The van der Waals surface area contributed by atoms with Crippen molar-refractivity contribution in [2.24, 2.45) is 0 Å². The molecule has 0 spiro atoms. The number of pyridine rings is 1. The quantitative estimate of drug-likeness (QED) is 0.810. The van der Waals surface area contributed by atoms with Gasteiger partial charge < -0.3 is 15.1 Å². The van der Waals surface area contributed by atoms with Gasteiger partial charge in [0.05, 0.1) is 5.56 Å². The number of anilines is 2. The Balaban J connectivity index is 1.36. The highest BCUT2D eigenvalue weighted by Crippen LogP contribution is 2.30. The lowest BCUT2D eigenvalue weighted by Crippen LogP contribution is -2.50. The Bertz CT molecular complexity index is 874. The largest absolute Gasteiger partial charge is 0.417 e. The zero-order chi connectivity index (χ0) is 20.4. The summed E-state index contributed by atoms with van der Waals surface area (Å²) < 4.78 is 38.0. The third-order valence-corrected chi connectivity index (χ3v) is 5.60. The minimum absolute atomic E-state index is 0.135. The maximum Gasteiger partial charge on any atom is 0.417 e. The number of urea groups is 1. The minimum Gasteiger partial charge on any atom is -0.353 e. The zero-order valence-electron chi connectivity index (χ0n) is 16.0. The predicted octanol–water partition coefficient (Wildman–Crippen LogP) is 4.33. The van der Waals surface area contributed by atoms with E-state index in [4.69, 9.17) is 0 Å². The second kappa shape index (κ2) is 7.93. The lowest BCUT2D eigenvalue weighted by atomic mass is 9.90. The van der Waals surface area contributed by atoms with E-state index in [9.17, 15) is 18.0 Å². The lowest BCUT2D eigenvalue weighted by molar-refractivity contribution is -0.137. The number of benzene rings is 1. The highest BCUT2D eigenvalue weighted by molar-refractivity contribution is 5.90. The number of nitrogens with zero attached hydrogens (tertiary/aromatic N) is 3. The van der Waals surface area contributed by atoms with E-state index < -0.39 is 11.7 Å². The Labute approximate surface area is 167 Å². The molecule has 2 aliphatic rings. The normalized spacial score (nSPS) is 17.1. The first-order valence-corrected chi connectivity index (χ1v) is 9.87. The molecule has 8 heteroatoms. The van der Waals surface area contributed by atoms with Crippen LogP contribution in [0.4, 0.5) is 29.5 Å². The Kier molecular flexibility index (Phi) is 5.34. The summed E-state index contributed by atoms with van der Waals surface area (Å²) in [5.41, 5.74) is 2.68. The van der Waals surface area contributed by atoms with Crippen molar-refractivity contribution in [3.05, 3.63) is 53.2 Å². The fourth-order valence-corrected chi connectivity index (χ4v) is 3.97. The van der Waals surface area contributed by atoms with E-state index in [2.05, 4.69) is 16.4 Å². The summed E-state index contributed by atoms with van der Waals surface area (Å²) >= 11 is 0. The van der Waals surface area contributed by atoms with Gasteiger partial charge in [0.25, 0.3) is 0 Å². The average molecular weight is 404 g/mol. The first-order chi connectivity index (χ1) is 13.9. The van der Waals surface area contributed by atoms with Gasteiger partial charge in [-0.3, -0.25) is 0 Å². The van der Waals surface area contributed by atoms with E-state index >= 15 is 0 Å². The molecule has 5 nitrogen and oxygen atoms in total. The fourth-order valence-electron chi connectivity index (χ4n) is 3.97. The van der Waals surface area contributed by atoms with Crippen LogP contribution in [0.25, 0.3) is 0 Å². The van der Waals surface area contributed by atoms with Crippen LogP contribution in [0, 0.1) is 0 Å². The number of amides is 2. The van der Waals surface area contributed by atoms with Crippen molar-refractivity contribution in [2.75, 3.05) is 36.4 Å². The number of rotatable bonds is 2. The summed E-state index contributed by atoms with van der Waals surface area (Å²) in [6, 6.07) is 8.34. The molecule has 154 valence electrons. The number of halogens is 3. The summed E-state index contributed by atoms with van der Waals surface area (Å²) in [4.78, 5) is 20.3. The van der Waals surface area contributed by atoms with Gasteiger partial charge in [-0.25, -0.2) is 9.78 Å². The minimum atomic E-state index is -4.39. The van der Waals surface area contributed by atoms with E-state index in [1.54, 1.807) is 4.90 Å². The van der Waals surface area contributed by atoms with Crippen molar-refractivity contribution >= 4 is 17.5 Å². The molecule has 0 bridgehead atoms. The van der Waals surface area contributed by atoms with E-state index in [0.717, 1.165) is 37.2 Å². The Morgan fingerprint density at radius 2 is 1.76 bits per heavy atom. The van der Waals surface area contributed by atoms with Crippen LogP contribution < -0.4 is 10.2 Å². The van der Waals surface area contributed by atoms with Crippen LogP contribution in [0.2, 0.25) is 0 Å². The number of carbonyl (C=O) groups is 1. The molecule has 1 saturated heterocycles. The molecule has 0 saturated carbocycles. The first kappa shape index (κ1) is 19.5. The summed E-state index contributed by atoms with van der Waals surface area (Å²) in [5, 5.41) is 3.05. The second-order valence-corrected chi connectivity index (χ2v) is 7.46. The van der Waals surface area contributed by atoms with Crippen molar-refractivity contribution < 1.29 is 18.0 Å². The van der Waals surface area contributed by atoms with Crippen molar-refractivity contribution in [2.45, 2.75) is 31.9 Å². The van der Waals surface area contributed by atoms with Gasteiger partial charge in [0.15, 0.2) is 0 Å². The molecule has 1 aromatic heterocycles. The maximum atomic E-state index is 12.7. The molecular formula is C21H23F3N4O. The molecule has 2 aromatic rings. The van der Waals surface area contributed by atoms with Crippen LogP contribution in [0.5, 0.6) is 0 Å². The molecule has 1 aliphatic heterocycles. The fraction of sp³-hybridized carbons (Fsp3) is 0.429. The summed E-state index contributed by atoms with van der Waals surface area (Å²) in [6.45, 7) is 2.03. The summed E-state index contributed by atoms with van der Waals surface area (Å²) in [5.74, 6) is 0.496. The molecule has 0 atom stereocenters. The molecular weight excluding hydrogens is 381 g/mol. The highest BCUT2D eigenvalue weighted by atomic mass is 19.4. The highest BCUT2D eigenvalue weighted by Gasteiger charge is 2.31. The van der Waals surface area contributed by atoms with Crippen LogP contribution in [0.1, 0.15) is 29.5 Å². The standard InChI is InChI=1S/C21H23F3N4O/c22-21(23,24)16-8-9-19(25-14-16)27-10-12-28(13-11-27)20(29)26-18-7-3-5-15-4-1-2-6-17(15)18/h3,5,7-9,14H,1-2,4,6,10-13H2,(H,26,29). The van der Waals surface area contributed by atoms with Crippen molar-refractivity contribution in [3.8, 4) is 0 Å². The van der Waals surface area contributed by atoms with Gasteiger partial charge in [-0.15, -0.1) is 0 Å². The van der Waals surface area contributed by atoms with Gasteiger partial charge in [0.1, 0.15) is 5.82 Å². The van der Waals surface area contributed by atoms with E-state index in [0.29, 0.717) is 32.0 Å². The van der Waals surface area contributed by atoms with Crippen molar-refractivity contribution in [3.63, 3.8) is 0 Å². The third-order valence-electron chi connectivity index (χ3n) is 5.60.